The zero-order valence-electron chi connectivity index (χ0n) is 14.0. The van der Waals surface area contributed by atoms with Crippen molar-refractivity contribution in [3.8, 4) is 0 Å². The predicted molar refractivity (Wildman–Crippen MR) is 92.8 cm³/mol. The lowest BCUT2D eigenvalue weighted by atomic mass is 9.97. The number of nitrogens with zero attached hydrogens (tertiary/aromatic N) is 2. The van der Waals surface area contributed by atoms with Gasteiger partial charge in [0.25, 0.3) is 5.91 Å². The molecule has 124 valence electrons. The summed E-state index contributed by atoms with van der Waals surface area (Å²) < 4.78 is 0. The van der Waals surface area contributed by atoms with Crippen LogP contribution in [0.5, 0.6) is 0 Å². The summed E-state index contributed by atoms with van der Waals surface area (Å²) in [7, 11) is 0. The van der Waals surface area contributed by atoms with Crippen molar-refractivity contribution in [1.29, 1.82) is 0 Å². The van der Waals surface area contributed by atoms with E-state index in [4.69, 9.17) is 5.73 Å². The van der Waals surface area contributed by atoms with Gasteiger partial charge in [0.15, 0.2) is 0 Å². The van der Waals surface area contributed by atoms with Gasteiger partial charge in [0.05, 0.1) is 11.3 Å². The molecule has 0 aliphatic carbocycles. The Kier molecular flexibility index (Phi) is 4.34. The van der Waals surface area contributed by atoms with E-state index in [9.17, 15) is 9.59 Å². The van der Waals surface area contributed by atoms with Crippen molar-refractivity contribution in [2.45, 2.75) is 26.7 Å². The fourth-order valence-electron chi connectivity index (χ4n) is 3.17. The monoisotopic (exact) mass is 323 g/mol. The molecule has 1 fully saturated rings. The van der Waals surface area contributed by atoms with Gasteiger partial charge in [0.1, 0.15) is 0 Å². The molecule has 0 saturated carbocycles. The second kappa shape index (κ2) is 6.43. The SMILES string of the molecule is Cc1cc(C(N)=O)c(C[C@H]2CC(=O)N(c3ccccc3)C2)nc1C. The van der Waals surface area contributed by atoms with Crippen LogP contribution >= 0.6 is 0 Å². The van der Waals surface area contributed by atoms with Crippen LogP contribution in [0.25, 0.3) is 0 Å². The van der Waals surface area contributed by atoms with Crippen LogP contribution in [-0.2, 0) is 11.2 Å². The number of pyridine rings is 1. The molecule has 1 aromatic heterocycles. The van der Waals surface area contributed by atoms with Gasteiger partial charge in [-0.05, 0) is 49.9 Å². The Morgan fingerprint density at radius 2 is 2.00 bits per heavy atom. The third kappa shape index (κ3) is 3.15. The maximum Gasteiger partial charge on any atom is 0.250 e. The molecule has 1 atom stereocenters. The largest absolute Gasteiger partial charge is 0.366 e. The van der Waals surface area contributed by atoms with Crippen LogP contribution in [0, 0.1) is 19.8 Å². The number of aryl methyl sites for hydroxylation is 2. The number of nitrogens with two attached hydrogens (primary N) is 1. The first kappa shape index (κ1) is 16.2. The van der Waals surface area contributed by atoms with E-state index in [-0.39, 0.29) is 11.8 Å². The summed E-state index contributed by atoms with van der Waals surface area (Å²) in [6.45, 7) is 4.46. The van der Waals surface area contributed by atoms with E-state index in [1.54, 1.807) is 11.0 Å². The summed E-state index contributed by atoms with van der Waals surface area (Å²) in [4.78, 5) is 30.4. The van der Waals surface area contributed by atoms with Crippen LogP contribution in [0.2, 0.25) is 0 Å². The minimum absolute atomic E-state index is 0.107. The number of rotatable bonds is 4. The quantitative estimate of drug-likeness (QED) is 0.938. The number of carbonyl (C=O) groups is 2. The van der Waals surface area contributed by atoms with E-state index in [2.05, 4.69) is 4.98 Å². The average Bonchev–Trinajstić information content (AvgIpc) is 2.91. The molecule has 2 N–H and O–H groups in total. The highest BCUT2D eigenvalue weighted by molar-refractivity contribution is 5.96. The number of primary amides is 1. The van der Waals surface area contributed by atoms with Gasteiger partial charge in [0.2, 0.25) is 5.91 Å². The summed E-state index contributed by atoms with van der Waals surface area (Å²) >= 11 is 0. The smallest absolute Gasteiger partial charge is 0.250 e. The van der Waals surface area contributed by atoms with Gasteiger partial charge in [-0.15, -0.1) is 0 Å². The molecule has 0 radical (unpaired) electrons. The first-order valence-corrected chi connectivity index (χ1v) is 8.08. The molecule has 2 heterocycles. The van der Waals surface area contributed by atoms with Gasteiger partial charge >= 0.3 is 0 Å². The van der Waals surface area contributed by atoms with Gasteiger partial charge in [0, 0.05) is 24.3 Å². The van der Waals surface area contributed by atoms with Crippen LogP contribution in [0.15, 0.2) is 36.4 Å². The van der Waals surface area contributed by atoms with Gasteiger partial charge in [-0.25, -0.2) is 0 Å². The Morgan fingerprint density at radius 3 is 2.67 bits per heavy atom. The minimum Gasteiger partial charge on any atom is -0.366 e. The second-order valence-corrected chi connectivity index (χ2v) is 6.36. The zero-order chi connectivity index (χ0) is 17.3. The Morgan fingerprint density at radius 1 is 1.29 bits per heavy atom. The van der Waals surface area contributed by atoms with Gasteiger partial charge in [-0.2, -0.15) is 0 Å². The topological polar surface area (TPSA) is 76.3 Å². The summed E-state index contributed by atoms with van der Waals surface area (Å²) in [5.74, 6) is -0.231. The Hall–Kier alpha value is -2.69. The lowest BCUT2D eigenvalue weighted by molar-refractivity contribution is -0.117. The molecule has 1 aliphatic heterocycles. The fourth-order valence-corrected chi connectivity index (χ4v) is 3.17. The molecule has 24 heavy (non-hydrogen) atoms. The van der Waals surface area contributed by atoms with Crippen LogP contribution in [0.1, 0.15) is 33.7 Å². The molecule has 1 saturated heterocycles. The summed E-state index contributed by atoms with van der Waals surface area (Å²) in [5.41, 5.74) is 9.40. The number of amides is 2. The number of benzene rings is 1. The molecule has 0 spiro atoms. The lowest BCUT2D eigenvalue weighted by Gasteiger charge is -2.17. The summed E-state index contributed by atoms with van der Waals surface area (Å²) in [6.07, 6.45) is 1.04. The number of hydrogen-bond donors (Lipinski definition) is 1. The number of aromatic nitrogens is 1. The molecule has 1 aromatic carbocycles. The van der Waals surface area contributed by atoms with Gasteiger partial charge in [-0.3, -0.25) is 14.6 Å². The van der Waals surface area contributed by atoms with Crippen molar-refractivity contribution >= 4 is 17.5 Å². The van der Waals surface area contributed by atoms with E-state index in [1.165, 1.54) is 0 Å². The fraction of sp³-hybridized carbons (Fsp3) is 0.316. The van der Waals surface area contributed by atoms with Crippen molar-refractivity contribution in [1.82, 2.24) is 4.98 Å². The third-order valence-corrected chi connectivity index (χ3v) is 4.57. The van der Waals surface area contributed by atoms with Crippen molar-refractivity contribution in [2.75, 3.05) is 11.4 Å². The third-order valence-electron chi connectivity index (χ3n) is 4.57. The van der Waals surface area contributed by atoms with E-state index in [0.29, 0.717) is 30.6 Å². The molecule has 0 unspecified atom stereocenters. The normalized spacial score (nSPS) is 17.3. The number of hydrogen-bond acceptors (Lipinski definition) is 3. The highest BCUT2D eigenvalue weighted by Gasteiger charge is 2.31. The van der Waals surface area contributed by atoms with Crippen LogP contribution in [-0.4, -0.2) is 23.3 Å². The lowest BCUT2D eigenvalue weighted by Crippen LogP contribution is -2.25. The predicted octanol–water partition coefficient (Wildman–Crippen LogP) is 2.39. The minimum atomic E-state index is -0.468. The standard InChI is InChI=1S/C19H21N3O2/c1-12-8-16(19(20)24)17(21-13(12)2)9-14-10-18(23)22(11-14)15-6-4-3-5-7-15/h3-8,14H,9-11H2,1-2H3,(H2,20,24)/t14-/m0/s1. The molecular formula is C19H21N3O2. The van der Waals surface area contributed by atoms with E-state index < -0.39 is 5.91 Å². The first-order chi connectivity index (χ1) is 11.5. The van der Waals surface area contributed by atoms with Crippen molar-refractivity contribution in [2.24, 2.45) is 11.7 Å². The van der Waals surface area contributed by atoms with Gasteiger partial charge in [-0.1, -0.05) is 18.2 Å². The summed E-state index contributed by atoms with van der Waals surface area (Å²) in [6, 6.07) is 11.4. The number of para-hydroxylation sites is 1. The van der Waals surface area contributed by atoms with E-state index >= 15 is 0 Å². The molecule has 5 heteroatoms. The zero-order valence-corrected chi connectivity index (χ0v) is 14.0. The molecule has 5 nitrogen and oxygen atoms in total. The highest BCUT2D eigenvalue weighted by Crippen LogP contribution is 2.28. The molecule has 2 aromatic rings. The van der Waals surface area contributed by atoms with Crippen molar-refractivity contribution < 1.29 is 9.59 Å². The van der Waals surface area contributed by atoms with Crippen LogP contribution in [0.4, 0.5) is 5.69 Å². The Bertz CT molecular complexity index is 787. The Labute approximate surface area is 141 Å². The van der Waals surface area contributed by atoms with Crippen molar-refractivity contribution in [3.63, 3.8) is 0 Å². The average molecular weight is 323 g/mol. The molecule has 1 aliphatic rings. The van der Waals surface area contributed by atoms with Crippen LogP contribution < -0.4 is 10.6 Å². The van der Waals surface area contributed by atoms with E-state index in [1.807, 2.05) is 44.2 Å². The second-order valence-electron chi connectivity index (χ2n) is 6.36. The first-order valence-electron chi connectivity index (χ1n) is 8.08. The maximum absolute atomic E-state index is 12.3. The molecule has 2 amide bonds. The van der Waals surface area contributed by atoms with Crippen LogP contribution in [0.3, 0.4) is 0 Å². The number of carbonyl (C=O) groups excluding carboxylic acids is 2. The molecular weight excluding hydrogens is 302 g/mol. The van der Waals surface area contributed by atoms with E-state index in [0.717, 1.165) is 16.9 Å². The molecule has 3 rings (SSSR count). The Balaban J connectivity index is 1.82. The molecule has 0 bridgehead atoms. The number of anilines is 1. The van der Waals surface area contributed by atoms with Crippen molar-refractivity contribution in [3.05, 3.63) is 58.9 Å². The summed E-state index contributed by atoms with van der Waals surface area (Å²) in [5, 5.41) is 0. The van der Waals surface area contributed by atoms with Gasteiger partial charge < -0.3 is 10.6 Å². The maximum atomic E-state index is 12.3. The highest BCUT2D eigenvalue weighted by atomic mass is 16.2.